The highest BCUT2D eigenvalue weighted by Gasteiger charge is 2.12. The second kappa shape index (κ2) is 5.69. The van der Waals surface area contributed by atoms with E-state index in [2.05, 4.69) is 31.2 Å². The van der Waals surface area contributed by atoms with E-state index in [0.717, 1.165) is 32.5 Å². The molecule has 0 spiro atoms. The van der Waals surface area contributed by atoms with Gasteiger partial charge >= 0.3 is 0 Å². The number of aromatic nitrogens is 2. The number of para-hydroxylation sites is 1. The second-order valence-electron chi connectivity index (χ2n) is 4.51. The number of ether oxygens (including phenoxy) is 1. The monoisotopic (exact) mass is 343 g/mol. The number of benzene rings is 2. The molecule has 0 aliphatic carbocycles. The van der Waals surface area contributed by atoms with Gasteiger partial charge in [-0.15, -0.1) is 0 Å². The topological polar surface area (TPSA) is 47.0 Å². The number of rotatable bonds is 3. The minimum absolute atomic E-state index is 0.645. The Balaban J connectivity index is 2.27. The summed E-state index contributed by atoms with van der Waals surface area (Å²) in [6.45, 7) is 0. The van der Waals surface area contributed by atoms with Crippen molar-refractivity contribution in [3.05, 3.63) is 46.9 Å². The number of methoxy groups -OCH3 is 1. The smallest absolute Gasteiger partial charge is 0.165 e. The summed E-state index contributed by atoms with van der Waals surface area (Å²) < 4.78 is 6.40. The summed E-state index contributed by atoms with van der Waals surface area (Å²) in [5, 5.41) is 4.11. The van der Waals surface area contributed by atoms with Crippen LogP contribution in [0.3, 0.4) is 0 Å². The SMILES string of the molecule is CNc1nc(-c2ccccc2OC)nc2ccc(Br)cc12. The van der Waals surface area contributed by atoms with Crippen molar-refractivity contribution < 1.29 is 4.74 Å². The Morgan fingerprint density at radius 1 is 1.10 bits per heavy atom. The van der Waals surface area contributed by atoms with Crippen molar-refractivity contribution >= 4 is 32.7 Å². The fraction of sp³-hybridized carbons (Fsp3) is 0.125. The van der Waals surface area contributed by atoms with Gasteiger partial charge in [-0.2, -0.15) is 0 Å². The van der Waals surface area contributed by atoms with Gasteiger partial charge in [0.2, 0.25) is 0 Å². The van der Waals surface area contributed by atoms with Gasteiger partial charge in [-0.05, 0) is 30.3 Å². The Bertz CT molecular complexity index is 805. The number of hydrogen-bond acceptors (Lipinski definition) is 4. The number of anilines is 1. The fourth-order valence-corrected chi connectivity index (χ4v) is 2.60. The van der Waals surface area contributed by atoms with Crippen LogP contribution in [0.4, 0.5) is 5.82 Å². The quantitative estimate of drug-likeness (QED) is 0.777. The van der Waals surface area contributed by atoms with Gasteiger partial charge in [-0.3, -0.25) is 0 Å². The number of nitrogens with one attached hydrogen (secondary N) is 1. The normalized spacial score (nSPS) is 10.6. The average molecular weight is 344 g/mol. The maximum atomic E-state index is 5.40. The van der Waals surface area contributed by atoms with Crippen LogP contribution in [0.15, 0.2) is 46.9 Å². The highest BCUT2D eigenvalue weighted by molar-refractivity contribution is 9.10. The van der Waals surface area contributed by atoms with Crippen LogP contribution in [0.2, 0.25) is 0 Å². The van der Waals surface area contributed by atoms with Gasteiger partial charge < -0.3 is 10.1 Å². The van der Waals surface area contributed by atoms with Crippen molar-refractivity contribution in [3.63, 3.8) is 0 Å². The lowest BCUT2D eigenvalue weighted by atomic mass is 10.1. The first-order valence-corrected chi connectivity index (χ1v) is 7.30. The molecule has 0 saturated heterocycles. The summed E-state index contributed by atoms with van der Waals surface area (Å²) in [5.74, 6) is 2.20. The van der Waals surface area contributed by atoms with Gasteiger partial charge in [0.05, 0.1) is 18.2 Å². The molecule has 2 aromatic carbocycles. The molecule has 1 heterocycles. The lowest BCUT2D eigenvalue weighted by Crippen LogP contribution is -1.99. The summed E-state index contributed by atoms with van der Waals surface area (Å²) >= 11 is 3.48. The summed E-state index contributed by atoms with van der Waals surface area (Å²) in [6, 6.07) is 13.7. The molecule has 3 aromatic rings. The highest BCUT2D eigenvalue weighted by atomic mass is 79.9. The molecular weight excluding hydrogens is 330 g/mol. The molecule has 0 aliphatic heterocycles. The van der Waals surface area contributed by atoms with E-state index in [4.69, 9.17) is 4.74 Å². The standard InChI is InChI=1S/C16H14BrN3O/c1-18-15-12-9-10(17)7-8-13(12)19-16(20-15)11-5-3-4-6-14(11)21-2/h3-9H,1-2H3,(H,18,19,20). The van der Waals surface area contributed by atoms with Gasteiger partial charge in [-0.25, -0.2) is 9.97 Å². The zero-order valence-corrected chi connectivity index (χ0v) is 13.3. The highest BCUT2D eigenvalue weighted by Crippen LogP contribution is 2.31. The third kappa shape index (κ3) is 2.56. The molecule has 1 N–H and O–H groups in total. The predicted molar refractivity (Wildman–Crippen MR) is 88.8 cm³/mol. The fourth-order valence-electron chi connectivity index (χ4n) is 2.24. The van der Waals surface area contributed by atoms with Crippen LogP contribution < -0.4 is 10.1 Å². The summed E-state index contributed by atoms with van der Waals surface area (Å²) in [6.07, 6.45) is 0. The zero-order chi connectivity index (χ0) is 14.8. The van der Waals surface area contributed by atoms with E-state index in [9.17, 15) is 0 Å². The minimum atomic E-state index is 0.645. The van der Waals surface area contributed by atoms with Crippen molar-refractivity contribution in [1.29, 1.82) is 0 Å². The van der Waals surface area contributed by atoms with Crippen LogP contribution in [0.5, 0.6) is 5.75 Å². The van der Waals surface area contributed by atoms with E-state index in [1.54, 1.807) is 7.11 Å². The largest absolute Gasteiger partial charge is 0.496 e. The molecule has 0 radical (unpaired) electrons. The molecule has 1 aromatic heterocycles. The first-order valence-electron chi connectivity index (χ1n) is 6.51. The van der Waals surface area contributed by atoms with E-state index in [1.807, 2.05) is 49.5 Å². The summed E-state index contributed by atoms with van der Waals surface area (Å²) in [7, 11) is 3.50. The van der Waals surface area contributed by atoms with Crippen molar-refractivity contribution in [3.8, 4) is 17.1 Å². The van der Waals surface area contributed by atoms with E-state index in [-0.39, 0.29) is 0 Å². The molecule has 3 rings (SSSR count). The molecule has 0 amide bonds. The molecule has 106 valence electrons. The maximum absolute atomic E-state index is 5.40. The third-order valence-corrected chi connectivity index (χ3v) is 3.74. The van der Waals surface area contributed by atoms with E-state index in [0.29, 0.717) is 5.82 Å². The first-order chi connectivity index (χ1) is 10.2. The van der Waals surface area contributed by atoms with Gasteiger partial charge in [0.25, 0.3) is 0 Å². The Labute approximate surface area is 131 Å². The second-order valence-corrected chi connectivity index (χ2v) is 5.42. The van der Waals surface area contributed by atoms with E-state index >= 15 is 0 Å². The van der Waals surface area contributed by atoms with Crippen LogP contribution in [0.25, 0.3) is 22.3 Å². The molecule has 0 unspecified atom stereocenters. The van der Waals surface area contributed by atoms with Gasteiger partial charge in [0.1, 0.15) is 11.6 Å². The Morgan fingerprint density at radius 3 is 2.67 bits per heavy atom. The summed E-state index contributed by atoms with van der Waals surface area (Å²) in [4.78, 5) is 9.27. The Kier molecular flexibility index (Phi) is 3.75. The first kappa shape index (κ1) is 13.8. The van der Waals surface area contributed by atoms with E-state index in [1.165, 1.54) is 0 Å². The maximum Gasteiger partial charge on any atom is 0.165 e. The van der Waals surface area contributed by atoms with Crippen molar-refractivity contribution in [2.45, 2.75) is 0 Å². The number of halogens is 1. The summed E-state index contributed by atoms with van der Waals surface area (Å²) in [5.41, 5.74) is 1.76. The van der Waals surface area contributed by atoms with Gasteiger partial charge in [0.15, 0.2) is 5.82 Å². The lowest BCUT2D eigenvalue weighted by Gasteiger charge is -2.11. The Hall–Kier alpha value is -2.14. The number of hydrogen-bond donors (Lipinski definition) is 1. The van der Waals surface area contributed by atoms with E-state index < -0.39 is 0 Å². The zero-order valence-electron chi connectivity index (χ0n) is 11.7. The molecule has 0 aliphatic rings. The Morgan fingerprint density at radius 2 is 1.90 bits per heavy atom. The molecule has 5 heteroatoms. The van der Waals surface area contributed by atoms with Crippen LogP contribution in [-0.2, 0) is 0 Å². The molecule has 21 heavy (non-hydrogen) atoms. The number of fused-ring (bicyclic) bond motifs is 1. The minimum Gasteiger partial charge on any atom is -0.496 e. The van der Waals surface area contributed by atoms with Crippen LogP contribution in [0, 0.1) is 0 Å². The van der Waals surface area contributed by atoms with Crippen molar-refractivity contribution in [1.82, 2.24) is 9.97 Å². The molecule has 4 nitrogen and oxygen atoms in total. The van der Waals surface area contributed by atoms with Gasteiger partial charge in [0, 0.05) is 16.9 Å². The average Bonchev–Trinajstić information content (AvgIpc) is 2.53. The molecule has 0 atom stereocenters. The van der Waals surface area contributed by atoms with Crippen LogP contribution in [0.1, 0.15) is 0 Å². The molecule has 0 fully saturated rings. The van der Waals surface area contributed by atoms with Crippen molar-refractivity contribution in [2.75, 3.05) is 19.5 Å². The molecule has 0 bridgehead atoms. The molecular formula is C16H14BrN3O. The number of nitrogens with zero attached hydrogens (tertiary/aromatic N) is 2. The predicted octanol–water partition coefficient (Wildman–Crippen LogP) is 4.11. The van der Waals surface area contributed by atoms with Gasteiger partial charge in [-0.1, -0.05) is 28.1 Å². The van der Waals surface area contributed by atoms with Crippen LogP contribution >= 0.6 is 15.9 Å². The molecule has 0 saturated carbocycles. The third-order valence-electron chi connectivity index (χ3n) is 3.24. The van der Waals surface area contributed by atoms with Crippen LogP contribution in [-0.4, -0.2) is 24.1 Å². The van der Waals surface area contributed by atoms with Crippen molar-refractivity contribution in [2.24, 2.45) is 0 Å². The lowest BCUT2D eigenvalue weighted by molar-refractivity contribution is 0.416.